The van der Waals surface area contributed by atoms with Gasteiger partial charge in [0.1, 0.15) is 5.82 Å². The van der Waals surface area contributed by atoms with Crippen molar-refractivity contribution in [3.8, 4) is 0 Å². The largest absolute Gasteiger partial charge is 0.339 e. The number of rotatable bonds is 6. The first-order valence-electron chi connectivity index (χ1n) is 7.55. The predicted octanol–water partition coefficient (Wildman–Crippen LogP) is 3.11. The average Bonchev–Trinajstić information content (AvgIpc) is 2.58. The third-order valence-electron chi connectivity index (χ3n) is 3.54. The molecule has 0 aliphatic carbocycles. The van der Waals surface area contributed by atoms with Crippen LogP contribution in [0.2, 0.25) is 0 Å². The van der Waals surface area contributed by atoms with E-state index in [0.717, 1.165) is 12.1 Å². The Morgan fingerprint density at radius 3 is 2.29 bits per heavy atom. The molecule has 1 amide bonds. The van der Waals surface area contributed by atoms with Crippen LogP contribution in [0.25, 0.3) is 0 Å². The zero-order valence-corrected chi connectivity index (χ0v) is 14.3. The number of nitrogens with zero attached hydrogens (tertiary/aromatic N) is 1. The summed E-state index contributed by atoms with van der Waals surface area (Å²) in [5.41, 5.74) is 0.553. The molecule has 0 aliphatic heterocycles. The Balaban J connectivity index is 2.29. The van der Waals surface area contributed by atoms with Gasteiger partial charge in [-0.25, -0.2) is 12.8 Å². The lowest BCUT2D eigenvalue weighted by atomic mass is 10.2. The molecular weight excluding hydrogens is 331 g/mol. The molecule has 2 aromatic carbocycles. The highest BCUT2D eigenvalue weighted by Gasteiger charge is 2.18. The normalized spacial score (nSPS) is 11.1. The lowest BCUT2D eigenvalue weighted by molar-refractivity contribution is 0.0772. The van der Waals surface area contributed by atoms with Crippen LogP contribution in [0.1, 0.15) is 24.2 Å². The van der Waals surface area contributed by atoms with E-state index in [0.29, 0.717) is 18.7 Å². The quantitative estimate of drug-likeness (QED) is 0.870. The highest BCUT2D eigenvalue weighted by Crippen LogP contribution is 2.18. The number of nitrogens with one attached hydrogen (secondary N) is 1. The van der Waals surface area contributed by atoms with Gasteiger partial charge in [-0.15, -0.1) is 0 Å². The van der Waals surface area contributed by atoms with E-state index >= 15 is 0 Å². The Hall–Kier alpha value is -2.41. The van der Waals surface area contributed by atoms with Gasteiger partial charge in [-0.3, -0.25) is 9.52 Å². The molecule has 0 radical (unpaired) electrons. The van der Waals surface area contributed by atoms with Crippen molar-refractivity contribution in [2.75, 3.05) is 17.8 Å². The summed E-state index contributed by atoms with van der Waals surface area (Å²) >= 11 is 0. The first-order valence-corrected chi connectivity index (χ1v) is 9.03. The number of amides is 1. The molecule has 0 spiro atoms. The van der Waals surface area contributed by atoms with Crippen molar-refractivity contribution in [1.29, 1.82) is 0 Å². The molecule has 2 aromatic rings. The van der Waals surface area contributed by atoms with Gasteiger partial charge < -0.3 is 4.90 Å². The lowest BCUT2D eigenvalue weighted by Crippen LogP contribution is -2.30. The van der Waals surface area contributed by atoms with E-state index in [1.54, 1.807) is 11.0 Å². The number of hydrogen-bond donors (Lipinski definition) is 1. The van der Waals surface area contributed by atoms with Gasteiger partial charge in [-0.1, -0.05) is 6.07 Å². The Labute approximate surface area is 141 Å². The zero-order chi connectivity index (χ0) is 17.7. The molecule has 0 bridgehead atoms. The van der Waals surface area contributed by atoms with Crippen LogP contribution in [-0.4, -0.2) is 32.3 Å². The van der Waals surface area contributed by atoms with Gasteiger partial charge in [-0.05, 0) is 56.3 Å². The Morgan fingerprint density at radius 2 is 1.71 bits per heavy atom. The third kappa shape index (κ3) is 4.11. The summed E-state index contributed by atoms with van der Waals surface area (Å²) < 4.78 is 40.2. The SMILES string of the molecule is CCN(CC)C(=O)c1cccc(S(=O)(=O)Nc2ccc(F)cc2)c1. The van der Waals surface area contributed by atoms with E-state index in [-0.39, 0.29) is 16.5 Å². The molecule has 0 unspecified atom stereocenters. The second-order valence-electron chi connectivity index (χ2n) is 5.12. The predicted molar refractivity (Wildman–Crippen MR) is 90.9 cm³/mol. The van der Waals surface area contributed by atoms with E-state index in [2.05, 4.69) is 4.72 Å². The third-order valence-corrected chi connectivity index (χ3v) is 4.92. The van der Waals surface area contributed by atoms with Gasteiger partial charge in [0.05, 0.1) is 4.90 Å². The van der Waals surface area contributed by atoms with Crippen LogP contribution >= 0.6 is 0 Å². The van der Waals surface area contributed by atoms with Crippen molar-refractivity contribution in [1.82, 2.24) is 4.90 Å². The minimum atomic E-state index is -3.86. The number of halogens is 1. The number of benzene rings is 2. The molecule has 1 N–H and O–H groups in total. The Morgan fingerprint density at radius 1 is 1.08 bits per heavy atom. The van der Waals surface area contributed by atoms with Crippen LogP contribution in [-0.2, 0) is 10.0 Å². The highest BCUT2D eigenvalue weighted by atomic mass is 32.2. The minimum Gasteiger partial charge on any atom is -0.339 e. The van der Waals surface area contributed by atoms with Crippen molar-refractivity contribution < 1.29 is 17.6 Å². The Kier molecular flexibility index (Phi) is 5.56. The second-order valence-corrected chi connectivity index (χ2v) is 6.80. The molecule has 0 atom stereocenters. The summed E-state index contributed by atoms with van der Waals surface area (Å²) in [5.74, 6) is -0.677. The Bertz CT molecular complexity index is 816. The summed E-state index contributed by atoms with van der Waals surface area (Å²) in [7, 11) is -3.86. The number of carbonyl (C=O) groups is 1. The fourth-order valence-electron chi connectivity index (χ4n) is 2.22. The standard InChI is InChI=1S/C17H19FN2O3S/c1-3-20(4-2)17(21)13-6-5-7-16(12-13)24(22,23)19-15-10-8-14(18)9-11-15/h5-12,19H,3-4H2,1-2H3. The van der Waals surface area contributed by atoms with Crippen molar-refractivity contribution >= 4 is 21.6 Å². The fraction of sp³-hybridized carbons (Fsp3) is 0.235. The van der Waals surface area contributed by atoms with E-state index in [1.807, 2.05) is 13.8 Å². The summed E-state index contributed by atoms with van der Waals surface area (Å²) in [5, 5.41) is 0. The summed E-state index contributed by atoms with van der Waals surface area (Å²) in [6.07, 6.45) is 0. The first-order chi connectivity index (χ1) is 11.4. The molecule has 0 heterocycles. The molecule has 24 heavy (non-hydrogen) atoms. The summed E-state index contributed by atoms with van der Waals surface area (Å²) in [4.78, 5) is 13.9. The molecule has 5 nitrogen and oxygen atoms in total. The van der Waals surface area contributed by atoms with Gasteiger partial charge >= 0.3 is 0 Å². The van der Waals surface area contributed by atoms with Crippen LogP contribution in [0.3, 0.4) is 0 Å². The molecule has 0 aromatic heterocycles. The maximum absolute atomic E-state index is 12.9. The molecule has 0 saturated heterocycles. The molecule has 0 fully saturated rings. The number of carbonyl (C=O) groups excluding carboxylic acids is 1. The monoisotopic (exact) mass is 350 g/mol. The fourth-order valence-corrected chi connectivity index (χ4v) is 3.33. The smallest absolute Gasteiger partial charge is 0.261 e. The minimum absolute atomic E-state index is 0.0233. The molecule has 7 heteroatoms. The number of sulfonamides is 1. The first kappa shape index (κ1) is 17.9. The second kappa shape index (κ2) is 7.44. The van der Waals surface area contributed by atoms with Gasteiger partial charge in [0.2, 0.25) is 0 Å². The molecule has 128 valence electrons. The molecular formula is C17H19FN2O3S. The van der Waals surface area contributed by atoms with Crippen molar-refractivity contribution in [3.05, 3.63) is 59.9 Å². The van der Waals surface area contributed by atoms with Crippen molar-refractivity contribution in [3.63, 3.8) is 0 Å². The van der Waals surface area contributed by atoms with Crippen LogP contribution in [0.5, 0.6) is 0 Å². The van der Waals surface area contributed by atoms with E-state index in [9.17, 15) is 17.6 Å². The van der Waals surface area contributed by atoms with Gasteiger partial charge in [0.25, 0.3) is 15.9 Å². The van der Waals surface area contributed by atoms with Crippen LogP contribution in [0.15, 0.2) is 53.4 Å². The van der Waals surface area contributed by atoms with Gasteiger partial charge in [0.15, 0.2) is 0 Å². The molecule has 0 saturated carbocycles. The van der Waals surface area contributed by atoms with Crippen molar-refractivity contribution in [2.45, 2.75) is 18.7 Å². The van der Waals surface area contributed by atoms with Gasteiger partial charge in [-0.2, -0.15) is 0 Å². The van der Waals surface area contributed by atoms with E-state index in [1.165, 1.54) is 30.3 Å². The van der Waals surface area contributed by atoms with E-state index in [4.69, 9.17) is 0 Å². The number of hydrogen-bond acceptors (Lipinski definition) is 3. The summed E-state index contributed by atoms with van der Waals surface area (Å²) in [6, 6.07) is 10.8. The van der Waals surface area contributed by atoms with Crippen LogP contribution in [0.4, 0.5) is 10.1 Å². The van der Waals surface area contributed by atoms with Crippen LogP contribution in [0, 0.1) is 5.82 Å². The maximum atomic E-state index is 12.9. The van der Waals surface area contributed by atoms with E-state index < -0.39 is 15.8 Å². The van der Waals surface area contributed by atoms with Gasteiger partial charge in [0, 0.05) is 24.3 Å². The molecule has 2 rings (SSSR count). The number of anilines is 1. The average molecular weight is 350 g/mol. The zero-order valence-electron chi connectivity index (χ0n) is 13.5. The molecule has 0 aliphatic rings. The summed E-state index contributed by atoms with van der Waals surface area (Å²) in [6.45, 7) is 4.80. The maximum Gasteiger partial charge on any atom is 0.261 e. The lowest BCUT2D eigenvalue weighted by Gasteiger charge is -2.19. The topological polar surface area (TPSA) is 66.5 Å². The van der Waals surface area contributed by atoms with Crippen LogP contribution < -0.4 is 4.72 Å². The van der Waals surface area contributed by atoms with Crippen molar-refractivity contribution in [2.24, 2.45) is 0 Å². The highest BCUT2D eigenvalue weighted by molar-refractivity contribution is 7.92.